The summed E-state index contributed by atoms with van der Waals surface area (Å²) in [5.74, 6) is -8.87. The zero-order chi connectivity index (χ0) is 14.2. The van der Waals surface area contributed by atoms with Crippen LogP contribution in [0.4, 0.5) is 22.0 Å². The van der Waals surface area contributed by atoms with Gasteiger partial charge in [-0.3, -0.25) is 0 Å². The molecule has 0 bridgehead atoms. The van der Waals surface area contributed by atoms with Gasteiger partial charge in [-0.2, -0.15) is 0 Å². The van der Waals surface area contributed by atoms with Crippen molar-refractivity contribution in [2.75, 3.05) is 7.05 Å². The average Bonchev–Trinajstić information content (AvgIpc) is 3.22. The van der Waals surface area contributed by atoms with E-state index in [1.54, 1.807) is 0 Å². The Hall–Kier alpha value is -1.17. The fourth-order valence-electron chi connectivity index (χ4n) is 2.17. The Balaban J connectivity index is 2.34. The maximum absolute atomic E-state index is 13.6. The standard InChI is InChI=1S/C13H14F5N/c1-19-7(5-4-6-2-3-6)8-9(14)11(16)13(18)12(17)10(8)15/h6-7,19H,2-5H2,1H3. The molecule has 0 radical (unpaired) electrons. The summed E-state index contributed by atoms with van der Waals surface area (Å²) in [6.45, 7) is 0. The minimum Gasteiger partial charge on any atom is -0.313 e. The summed E-state index contributed by atoms with van der Waals surface area (Å²) in [5.41, 5.74) is -0.764. The average molecular weight is 279 g/mol. The molecule has 0 aromatic heterocycles. The Morgan fingerprint density at radius 1 is 0.947 bits per heavy atom. The fraction of sp³-hybridized carbons (Fsp3) is 0.538. The molecule has 0 heterocycles. The van der Waals surface area contributed by atoms with Gasteiger partial charge in [0.1, 0.15) is 0 Å². The lowest BCUT2D eigenvalue weighted by Crippen LogP contribution is -2.21. The smallest absolute Gasteiger partial charge is 0.200 e. The third-order valence-electron chi connectivity index (χ3n) is 3.50. The van der Waals surface area contributed by atoms with Crippen LogP contribution in [0.2, 0.25) is 0 Å². The second-order valence-electron chi connectivity index (χ2n) is 4.85. The van der Waals surface area contributed by atoms with Gasteiger partial charge in [0.05, 0.1) is 0 Å². The molecule has 0 aliphatic heterocycles. The highest BCUT2D eigenvalue weighted by Gasteiger charge is 2.31. The number of benzene rings is 1. The van der Waals surface area contributed by atoms with Crippen LogP contribution in [-0.4, -0.2) is 7.05 Å². The van der Waals surface area contributed by atoms with E-state index < -0.39 is 40.7 Å². The fourth-order valence-corrected chi connectivity index (χ4v) is 2.17. The van der Waals surface area contributed by atoms with Crippen LogP contribution in [0.25, 0.3) is 0 Å². The van der Waals surface area contributed by atoms with Gasteiger partial charge in [-0.1, -0.05) is 12.8 Å². The number of nitrogens with one attached hydrogen (secondary N) is 1. The van der Waals surface area contributed by atoms with E-state index in [1.807, 2.05) is 0 Å². The van der Waals surface area contributed by atoms with Crippen molar-refractivity contribution in [3.8, 4) is 0 Å². The summed E-state index contributed by atoms with van der Waals surface area (Å²) in [6, 6.07) is -0.870. The number of hydrogen-bond donors (Lipinski definition) is 1. The van der Waals surface area contributed by atoms with Crippen LogP contribution < -0.4 is 5.32 Å². The van der Waals surface area contributed by atoms with Gasteiger partial charge in [-0.25, -0.2) is 22.0 Å². The van der Waals surface area contributed by atoms with E-state index in [4.69, 9.17) is 0 Å². The third kappa shape index (κ3) is 2.73. The first kappa shape index (κ1) is 14.2. The van der Waals surface area contributed by atoms with Crippen LogP contribution >= 0.6 is 0 Å². The van der Waals surface area contributed by atoms with Crippen LogP contribution in [-0.2, 0) is 0 Å². The molecule has 0 amide bonds. The number of halogens is 5. The molecule has 6 heteroatoms. The van der Waals surface area contributed by atoms with Crippen LogP contribution in [0.15, 0.2) is 0 Å². The van der Waals surface area contributed by atoms with Crippen LogP contribution in [0.3, 0.4) is 0 Å². The minimum atomic E-state index is -2.12. The first-order valence-electron chi connectivity index (χ1n) is 6.16. The molecule has 1 atom stereocenters. The van der Waals surface area contributed by atoms with Crippen LogP contribution in [0.5, 0.6) is 0 Å². The summed E-state index contributed by atoms with van der Waals surface area (Å²) >= 11 is 0. The molecule has 1 unspecified atom stereocenters. The molecule has 1 nitrogen and oxygen atoms in total. The molecule has 19 heavy (non-hydrogen) atoms. The Labute approximate surface area is 107 Å². The van der Waals surface area contributed by atoms with Gasteiger partial charge in [0.2, 0.25) is 5.82 Å². The monoisotopic (exact) mass is 279 g/mol. The summed E-state index contributed by atoms with van der Waals surface area (Å²) in [7, 11) is 1.44. The molecule has 1 saturated carbocycles. The van der Waals surface area contributed by atoms with Crippen molar-refractivity contribution in [1.29, 1.82) is 0 Å². The summed E-state index contributed by atoms with van der Waals surface area (Å²) < 4.78 is 66.4. The second-order valence-corrected chi connectivity index (χ2v) is 4.85. The van der Waals surface area contributed by atoms with Crippen molar-refractivity contribution in [3.63, 3.8) is 0 Å². The van der Waals surface area contributed by atoms with Gasteiger partial charge in [0, 0.05) is 11.6 Å². The number of hydrogen-bond acceptors (Lipinski definition) is 1. The molecule has 106 valence electrons. The molecule has 1 fully saturated rings. The molecular weight excluding hydrogens is 265 g/mol. The van der Waals surface area contributed by atoms with Crippen molar-refractivity contribution >= 4 is 0 Å². The summed E-state index contributed by atoms with van der Waals surface area (Å²) in [6.07, 6.45) is 3.19. The zero-order valence-electron chi connectivity index (χ0n) is 10.4. The van der Waals surface area contributed by atoms with E-state index in [0.717, 1.165) is 12.8 Å². The SMILES string of the molecule is CNC(CCC1CC1)c1c(F)c(F)c(F)c(F)c1F. The predicted octanol–water partition coefficient (Wildman–Crippen LogP) is 3.83. The topological polar surface area (TPSA) is 12.0 Å². The molecule has 1 aromatic carbocycles. The van der Waals surface area contributed by atoms with E-state index in [0.29, 0.717) is 18.8 Å². The van der Waals surface area contributed by atoms with E-state index in [9.17, 15) is 22.0 Å². The van der Waals surface area contributed by atoms with Crippen LogP contribution in [0, 0.1) is 35.0 Å². The number of rotatable bonds is 5. The third-order valence-corrected chi connectivity index (χ3v) is 3.50. The summed E-state index contributed by atoms with van der Waals surface area (Å²) in [4.78, 5) is 0. The van der Waals surface area contributed by atoms with E-state index in [-0.39, 0.29) is 0 Å². The van der Waals surface area contributed by atoms with E-state index in [1.165, 1.54) is 7.05 Å². The van der Waals surface area contributed by atoms with Crippen molar-refractivity contribution in [3.05, 3.63) is 34.6 Å². The summed E-state index contributed by atoms with van der Waals surface area (Å²) in [5, 5.41) is 2.62. The van der Waals surface area contributed by atoms with Crippen molar-refractivity contribution in [1.82, 2.24) is 5.32 Å². The van der Waals surface area contributed by atoms with Gasteiger partial charge in [0.25, 0.3) is 0 Å². The lowest BCUT2D eigenvalue weighted by atomic mass is 9.98. The first-order valence-corrected chi connectivity index (χ1v) is 6.16. The van der Waals surface area contributed by atoms with Crippen molar-refractivity contribution < 1.29 is 22.0 Å². The minimum absolute atomic E-state index is 0.347. The molecule has 1 aromatic rings. The van der Waals surface area contributed by atoms with E-state index >= 15 is 0 Å². The highest BCUT2D eigenvalue weighted by atomic mass is 19.2. The highest BCUT2D eigenvalue weighted by molar-refractivity contribution is 5.27. The van der Waals surface area contributed by atoms with Gasteiger partial charge < -0.3 is 5.32 Å². The van der Waals surface area contributed by atoms with Gasteiger partial charge in [0.15, 0.2) is 23.3 Å². The largest absolute Gasteiger partial charge is 0.313 e. The predicted molar refractivity (Wildman–Crippen MR) is 60.0 cm³/mol. The molecule has 2 rings (SSSR count). The van der Waals surface area contributed by atoms with Gasteiger partial charge in [-0.15, -0.1) is 0 Å². The lowest BCUT2D eigenvalue weighted by molar-refractivity contribution is 0.353. The maximum atomic E-state index is 13.6. The van der Waals surface area contributed by atoms with Crippen LogP contribution in [0.1, 0.15) is 37.3 Å². The van der Waals surface area contributed by atoms with Crippen molar-refractivity contribution in [2.24, 2.45) is 5.92 Å². The Morgan fingerprint density at radius 2 is 1.42 bits per heavy atom. The zero-order valence-corrected chi connectivity index (χ0v) is 10.4. The molecular formula is C13H14F5N. The van der Waals surface area contributed by atoms with Gasteiger partial charge >= 0.3 is 0 Å². The quantitative estimate of drug-likeness (QED) is 0.490. The Morgan fingerprint density at radius 3 is 1.84 bits per heavy atom. The lowest BCUT2D eigenvalue weighted by Gasteiger charge is -2.18. The molecule has 1 N–H and O–H groups in total. The Kier molecular flexibility index (Phi) is 4.08. The van der Waals surface area contributed by atoms with Crippen molar-refractivity contribution in [2.45, 2.75) is 31.7 Å². The van der Waals surface area contributed by atoms with E-state index in [2.05, 4.69) is 5.32 Å². The normalized spacial score (nSPS) is 16.7. The Bertz CT molecular complexity index is 455. The first-order chi connectivity index (χ1) is 8.97. The second kappa shape index (κ2) is 5.45. The molecule has 0 saturated heterocycles. The highest BCUT2D eigenvalue weighted by Crippen LogP contribution is 2.37. The van der Waals surface area contributed by atoms with Gasteiger partial charge in [-0.05, 0) is 25.8 Å². The molecule has 1 aliphatic rings. The molecule has 1 aliphatic carbocycles. The molecule has 0 spiro atoms. The maximum Gasteiger partial charge on any atom is 0.200 e.